The second kappa shape index (κ2) is 9.60. The standard InChI is InChI=1S/C22H30N2O5/c1-12(23)9-10-13(2)29-22(27)19-15(4)24-14(3)18(21(25)26)20(19)16-7-6-8-17(11-16)28-5/h6-8,11-13,20,24H,9-10,23H2,1-5H3,(H,25,26). The van der Waals surface area contributed by atoms with Crippen LogP contribution in [0, 0.1) is 0 Å². The average molecular weight is 402 g/mol. The smallest absolute Gasteiger partial charge is 0.337 e. The van der Waals surface area contributed by atoms with Gasteiger partial charge in [0.2, 0.25) is 0 Å². The number of carboxylic acids is 1. The van der Waals surface area contributed by atoms with Crippen molar-refractivity contribution < 1.29 is 24.2 Å². The lowest BCUT2D eigenvalue weighted by Gasteiger charge is -2.30. The number of esters is 1. The first-order valence-electron chi connectivity index (χ1n) is 9.68. The summed E-state index contributed by atoms with van der Waals surface area (Å²) in [6, 6.07) is 7.09. The molecule has 0 aliphatic carbocycles. The van der Waals surface area contributed by atoms with Gasteiger partial charge in [0.25, 0.3) is 0 Å². The second-order valence-corrected chi connectivity index (χ2v) is 7.49. The minimum Gasteiger partial charge on any atom is -0.497 e. The first kappa shape index (κ1) is 22.5. The lowest BCUT2D eigenvalue weighted by molar-refractivity contribution is -0.144. The number of allylic oxidation sites excluding steroid dienone is 2. The fourth-order valence-corrected chi connectivity index (χ4v) is 3.51. The largest absolute Gasteiger partial charge is 0.497 e. The van der Waals surface area contributed by atoms with Gasteiger partial charge in [0.15, 0.2) is 0 Å². The fraction of sp³-hybridized carbons (Fsp3) is 0.455. The third-order valence-electron chi connectivity index (χ3n) is 4.97. The molecule has 1 aromatic rings. The zero-order chi connectivity index (χ0) is 21.7. The topological polar surface area (TPSA) is 111 Å². The molecule has 1 aliphatic heterocycles. The van der Waals surface area contributed by atoms with Gasteiger partial charge in [-0.15, -0.1) is 0 Å². The summed E-state index contributed by atoms with van der Waals surface area (Å²) in [5, 5.41) is 12.9. The minimum absolute atomic E-state index is 0.0159. The van der Waals surface area contributed by atoms with Crippen LogP contribution in [0.25, 0.3) is 0 Å². The van der Waals surface area contributed by atoms with Crippen molar-refractivity contribution in [2.45, 2.75) is 58.6 Å². The molecule has 1 aromatic carbocycles. The summed E-state index contributed by atoms with van der Waals surface area (Å²) in [7, 11) is 1.54. The van der Waals surface area contributed by atoms with Gasteiger partial charge >= 0.3 is 11.9 Å². The zero-order valence-electron chi connectivity index (χ0n) is 17.6. The van der Waals surface area contributed by atoms with Gasteiger partial charge in [-0.2, -0.15) is 0 Å². The van der Waals surface area contributed by atoms with Crippen LogP contribution in [0.15, 0.2) is 46.8 Å². The number of dihydropyridines is 1. The number of nitrogens with two attached hydrogens (primary N) is 1. The van der Waals surface area contributed by atoms with Crippen LogP contribution in [-0.2, 0) is 14.3 Å². The van der Waals surface area contributed by atoms with E-state index in [-0.39, 0.29) is 23.3 Å². The third-order valence-corrected chi connectivity index (χ3v) is 4.97. The molecular weight excluding hydrogens is 372 g/mol. The Hall–Kier alpha value is -2.80. The predicted octanol–water partition coefficient (Wildman–Crippen LogP) is 3.07. The Bertz CT molecular complexity index is 841. The van der Waals surface area contributed by atoms with Crippen molar-refractivity contribution in [1.82, 2.24) is 5.32 Å². The Labute approximate surface area is 171 Å². The molecule has 0 saturated heterocycles. The molecule has 0 fully saturated rings. The molecule has 0 saturated carbocycles. The second-order valence-electron chi connectivity index (χ2n) is 7.49. The number of rotatable bonds is 8. The van der Waals surface area contributed by atoms with E-state index in [1.165, 1.54) is 7.11 Å². The van der Waals surface area contributed by atoms with Gasteiger partial charge in [-0.05, 0) is 58.2 Å². The van der Waals surface area contributed by atoms with Crippen LogP contribution in [0.4, 0.5) is 0 Å². The number of hydrogen-bond donors (Lipinski definition) is 3. The summed E-state index contributed by atoms with van der Waals surface area (Å²) in [4.78, 5) is 25.1. The molecule has 29 heavy (non-hydrogen) atoms. The molecule has 4 N–H and O–H groups in total. The summed E-state index contributed by atoms with van der Waals surface area (Å²) in [6.07, 6.45) is 1.02. The van der Waals surface area contributed by atoms with Crippen LogP contribution in [0.2, 0.25) is 0 Å². The van der Waals surface area contributed by atoms with Crippen molar-refractivity contribution in [2.75, 3.05) is 7.11 Å². The van der Waals surface area contributed by atoms with Crippen molar-refractivity contribution in [3.05, 3.63) is 52.4 Å². The van der Waals surface area contributed by atoms with E-state index in [0.717, 1.165) is 6.42 Å². The molecule has 2 rings (SSSR count). The van der Waals surface area contributed by atoms with Crippen molar-refractivity contribution >= 4 is 11.9 Å². The Balaban J connectivity index is 2.45. The van der Waals surface area contributed by atoms with Gasteiger partial charge in [0, 0.05) is 17.4 Å². The maximum Gasteiger partial charge on any atom is 0.337 e. The van der Waals surface area contributed by atoms with Crippen LogP contribution in [-0.4, -0.2) is 36.3 Å². The number of carbonyl (C=O) groups excluding carboxylic acids is 1. The molecule has 0 bridgehead atoms. The molecule has 0 radical (unpaired) electrons. The molecule has 1 aliphatic rings. The number of carboxylic acid groups (broad SMARTS) is 1. The maximum absolute atomic E-state index is 13.1. The molecular formula is C22H30N2O5. The molecule has 0 aromatic heterocycles. The summed E-state index contributed by atoms with van der Waals surface area (Å²) in [5.41, 5.74) is 7.90. The molecule has 158 valence electrons. The summed E-state index contributed by atoms with van der Waals surface area (Å²) < 4.78 is 10.9. The fourth-order valence-electron chi connectivity index (χ4n) is 3.51. The molecule has 7 heteroatoms. The SMILES string of the molecule is COc1cccc(C2C(C(=O)O)=C(C)NC(C)=C2C(=O)OC(C)CCC(C)N)c1. The minimum atomic E-state index is -1.09. The highest BCUT2D eigenvalue weighted by molar-refractivity contribution is 5.99. The van der Waals surface area contributed by atoms with Crippen LogP contribution in [0.5, 0.6) is 5.75 Å². The van der Waals surface area contributed by atoms with E-state index in [4.69, 9.17) is 15.2 Å². The Morgan fingerprint density at radius 2 is 1.83 bits per heavy atom. The van der Waals surface area contributed by atoms with Crippen molar-refractivity contribution in [3.8, 4) is 5.75 Å². The van der Waals surface area contributed by atoms with Gasteiger partial charge in [0.1, 0.15) is 5.75 Å². The van der Waals surface area contributed by atoms with E-state index >= 15 is 0 Å². The van der Waals surface area contributed by atoms with Gasteiger partial charge < -0.3 is 25.6 Å². The number of aliphatic carboxylic acids is 1. The van der Waals surface area contributed by atoms with E-state index in [0.29, 0.717) is 29.1 Å². The monoisotopic (exact) mass is 402 g/mol. The van der Waals surface area contributed by atoms with Gasteiger partial charge in [0.05, 0.1) is 30.3 Å². The quantitative estimate of drug-likeness (QED) is 0.573. The summed E-state index contributed by atoms with van der Waals surface area (Å²) in [6.45, 7) is 7.15. The number of hydrogen-bond acceptors (Lipinski definition) is 6. The van der Waals surface area contributed by atoms with Crippen LogP contribution < -0.4 is 15.8 Å². The first-order chi connectivity index (χ1) is 13.6. The predicted molar refractivity (Wildman–Crippen MR) is 110 cm³/mol. The molecule has 7 nitrogen and oxygen atoms in total. The number of methoxy groups -OCH3 is 1. The van der Waals surface area contributed by atoms with E-state index in [9.17, 15) is 14.7 Å². The Kier molecular flexibility index (Phi) is 7.45. The van der Waals surface area contributed by atoms with E-state index in [1.807, 2.05) is 13.8 Å². The lowest BCUT2D eigenvalue weighted by atomic mass is 9.80. The highest BCUT2D eigenvalue weighted by Gasteiger charge is 2.37. The van der Waals surface area contributed by atoms with Crippen molar-refractivity contribution in [3.63, 3.8) is 0 Å². The summed E-state index contributed by atoms with van der Waals surface area (Å²) in [5.74, 6) is -1.81. The molecule has 1 heterocycles. The van der Waals surface area contributed by atoms with Crippen LogP contribution in [0.3, 0.4) is 0 Å². The van der Waals surface area contributed by atoms with Crippen molar-refractivity contribution in [2.24, 2.45) is 5.73 Å². The average Bonchev–Trinajstić information content (AvgIpc) is 2.65. The van der Waals surface area contributed by atoms with E-state index < -0.39 is 17.9 Å². The van der Waals surface area contributed by atoms with E-state index in [2.05, 4.69) is 5.32 Å². The van der Waals surface area contributed by atoms with Gasteiger partial charge in [-0.1, -0.05) is 12.1 Å². The van der Waals surface area contributed by atoms with Gasteiger partial charge in [-0.3, -0.25) is 0 Å². The first-order valence-corrected chi connectivity index (χ1v) is 9.68. The number of benzene rings is 1. The highest BCUT2D eigenvalue weighted by Crippen LogP contribution is 2.39. The van der Waals surface area contributed by atoms with Crippen LogP contribution in [0.1, 0.15) is 52.0 Å². The Morgan fingerprint density at radius 3 is 2.41 bits per heavy atom. The number of nitrogens with one attached hydrogen (secondary N) is 1. The van der Waals surface area contributed by atoms with E-state index in [1.54, 1.807) is 38.1 Å². The molecule has 3 atom stereocenters. The van der Waals surface area contributed by atoms with Crippen LogP contribution >= 0.6 is 0 Å². The third kappa shape index (κ3) is 5.38. The molecule has 3 unspecified atom stereocenters. The Morgan fingerprint density at radius 1 is 1.17 bits per heavy atom. The van der Waals surface area contributed by atoms with Crippen molar-refractivity contribution in [1.29, 1.82) is 0 Å². The summed E-state index contributed by atoms with van der Waals surface area (Å²) >= 11 is 0. The highest BCUT2D eigenvalue weighted by atomic mass is 16.5. The zero-order valence-corrected chi connectivity index (χ0v) is 17.6. The number of carbonyl (C=O) groups is 2. The molecule has 0 amide bonds. The lowest BCUT2D eigenvalue weighted by Crippen LogP contribution is -2.33. The maximum atomic E-state index is 13.1. The van der Waals surface area contributed by atoms with Gasteiger partial charge in [-0.25, -0.2) is 9.59 Å². The normalized spacial score (nSPS) is 18.8. The number of ether oxygens (including phenoxy) is 2. The molecule has 0 spiro atoms.